The van der Waals surface area contributed by atoms with E-state index in [4.69, 9.17) is 0 Å². The fraction of sp³-hybridized carbons (Fsp3) is 0.160. The minimum Gasteiger partial charge on any atom is -0.477 e. The molecule has 0 spiro atoms. The number of carbonyl (C=O) groups is 1. The largest absolute Gasteiger partial charge is 0.477 e. The average Bonchev–Trinajstić information content (AvgIpc) is 3.04. The summed E-state index contributed by atoms with van der Waals surface area (Å²) in [6, 6.07) is 26.2. The van der Waals surface area contributed by atoms with Crippen LogP contribution in [0.25, 0.3) is 10.9 Å². The van der Waals surface area contributed by atoms with E-state index < -0.39 is 5.97 Å². The van der Waals surface area contributed by atoms with Crippen molar-refractivity contribution in [2.45, 2.75) is 26.6 Å². The summed E-state index contributed by atoms with van der Waals surface area (Å²) in [5, 5.41) is 14.5. The molecule has 0 atom stereocenters. The second-order valence-electron chi connectivity index (χ2n) is 7.25. The second kappa shape index (κ2) is 8.33. The van der Waals surface area contributed by atoms with Crippen molar-refractivity contribution in [3.63, 3.8) is 0 Å². The van der Waals surface area contributed by atoms with Crippen LogP contribution in [-0.2, 0) is 19.6 Å². The van der Waals surface area contributed by atoms with Crippen LogP contribution in [0, 0.1) is 6.92 Å². The molecule has 29 heavy (non-hydrogen) atoms. The quantitative estimate of drug-likeness (QED) is 0.472. The van der Waals surface area contributed by atoms with Gasteiger partial charge in [-0.25, -0.2) is 4.79 Å². The number of rotatable bonds is 7. The first kappa shape index (κ1) is 19.0. The zero-order chi connectivity index (χ0) is 20.2. The summed E-state index contributed by atoms with van der Waals surface area (Å²) >= 11 is 0. The van der Waals surface area contributed by atoms with Crippen LogP contribution in [0.15, 0.2) is 78.9 Å². The molecule has 0 aliphatic carbocycles. The monoisotopic (exact) mass is 384 g/mol. The summed E-state index contributed by atoms with van der Waals surface area (Å²) in [5.41, 5.74) is 5.59. The molecule has 4 nitrogen and oxygen atoms in total. The van der Waals surface area contributed by atoms with Crippen LogP contribution in [0.1, 0.15) is 32.7 Å². The predicted molar refractivity (Wildman–Crippen MR) is 116 cm³/mol. The molecule has 0 bridgehead atoms. The highest BCUT2D eigenvalue weighted by Gasteiger charge is 2.22. The molecule has 0 fully saturated rings. The Kier molecular flexibility index (Phi) is 5.45. The van der Waals surface area contributed by atoms with Crippen LogP contribution >= 0.6 is 0 Å². The lowest BCUT2D eigenvalue weighted by molar-refractivity contribution is 0.0684. The highest BCUT2D eigenvalue weighted by Crippen LogP contribution is 2.28. The van der Waals surface area contributed by atoms with Gasteiger partial charge in [0.05, 0.1) is 0 Å². The Morgan fingerprint density at radius 2 is 1.59 bits per heavy atom. The summed E-state index contributed by atoms with van der Waals surface area (Å²) in [5.74, 6) is -0.897. The van der Waals surface area contributed by atoms with Crippen molar-refractivity contribution < 1.29 is 9.90 Å². The van der Waals surface area contributed by atoms with Crippen molar-refractivity contribution in [3.05, 3.63) is 107 Å². The van der Waals surface area contributed by atoms with E-state index in [2.05, 4.69) is 36.5 Å². The van der Waals surface area contributed by atoms with Crippen molar-refractivity contribution in [2.24, 2.45) is 0 Å². The van der Waals surface area contributed by atoms with Gasteiger partial charge in [0.2, 0.25) is 0 Å². The molecule has 1 aromatic heterocycles. The van der Waals surface area contributed by atoms with E-state index in [1.54, 1.807) is 0 Å². The molecule has 0 amide bonds. The minimum absolute atomic E-state index is 0.356. The van der Waals surface area contributed by atoms with E-state index in [1.165, 1.54) is 5.56 Å². The van der Waals surface area contributed by atoms with E-state index in [9.17, 15) is 9.90 Å². The minimum atomic E-state index is -0.897. The number of nitrogens with zero attached hydrogens (tertiary/aromatic N) is 1. The zero-order valence-corrected chi connectivity index (χ0v) is 16.4. The van der Waals surface area contributed by atoms with Gasteiger partial charge in [-0.2, -0.15) is 0 Å². The SMILES string of the molecule is Cc1ccccc1Cn1c(C(=O)O)c(CNCc2ccccc2)c2ccccc21. The standard InChI is InChI=1S/C25H24N2O2/c1-18-9-5-6-12-20(18)17-27-23-14-8-7-13-21(23)22(24(27)25(28)29)16-26-15-19-10-3-2-4-11-19/h2-14,26H,15-17H2,1H3,(H,28,29). The van der Waals surface area contributed by atoms with Gasteiger partial charge in [0.25, 0.3) is 0 Å². The van der Waals surface area contributed by atoms with Crippen LogP contribution < -0.4 is 5.32 Å². The molecule has 0 saturated carbocycles. The second-order valence-corrected chi connectivity index (χ2v) is 7.25. The highest BCUT2D eigenvalue weighted by atomic mass is 16.4. The molecule has 146 valence electrons. The molecule has 4 aromatic rings. The van der Waals surface area contributed by atoms with Crippen molar-refractivity contribution in [1.29, 1.82) is 0 Å². The number of aromatic carboxylic acids is 1. The van der Waals surface area contributed by atoms with E-state index in [-0.39, 0.29) is 0 Å². The van der Waals surface area contributed by atoms with Gasteiger partial charge in [0.1, 0.15) is 5.69 Å². The number of carboxylic acids is 1. The molecule has 0 unspecified atom stereocenters. The third-order valence-electron chi connectivity index (χ3n) is 5.34. The number of para-hydroxylation sites is 1. The Morgan fingerprint density at radius 1 is 0.897 bits per heavy atom. The molecule has 3 aromatic carbocycles. The smallest absolute Gasteiger partial charge is 0.352 e. The summed E-state index contributed by atoms with van der Waals surface area (Å²) in [7, 11) is 0. The van der Waals surface area contributed by atoms with Gasteiger partial charge in [0.15, 0.2) is 0 Å². The highest BCUT2D eigenvalue weighted by molar-refractivity contribution is 5.98. The molecule has 0 aliphatic rings. The maximum Gasteiger partial charge on any atom is 0.352 e. The van der Waals surface area contributed by atoms with Gasteiger partial charge >= 0.3 is 5.97 Å². The lowest BCUT2D eigenvalue weighted by Crippen LogP contribution is -2.17. The molecule has 0 radical (unpaired) electrons. The topological polar surface area (TPSA) is 54.3 Å². The average molecular weight is 384 g/mol. The maximum atomic E-state index is 12.3. The number of hydrogen-bond acceptors (Lipinski definition) is 2. The number of aromatic nitrogens is 1. The van der Waals surface area contributed by atoms with Crippen molar-refractivity contribution in [3.8, 4) is 0 Å². The van der Waals surface area contributed by atoms with Gasteiger partial charge in [-0.05, 0) is 29.7 Å². The van der Waals surface area contributed by atoms with Crippen LogP contribution in [0.5, 0.6) is 0 Å². The first-order valence-electron chi connectivity index (χ1n) is 9.77. The third-order valence-corrected chi connectivity index (χ3v) is 5.34. The molecule has 0 saturated heterocycles. The van der Waals surface area contributed by atoms with Gasteiger partial charge in [0, 0.05) is 36.1 Å². The lowest BCUT2D eigenvalue weighted by atomic mass is 10.1. The van der Waals surface area contributed by atoms with Gasteiger partial charge in [-0.15, -0.1) is 0 Å². The number of hydrogen-bond donors (Lipinski definition) is 2. The molecular formula is C25H24N2O2. The molecule has 4 heteroatoms. The van der Waals surface area contributed by atoms with Crippen LogP contribution in [-0.4, -0.2) is 15.6 Å². The summed E-state index contributed by atoms with van der Waals surface area (Å²) in [6.45, 7) is 3.78. The van der Waals surface area contributed by atoms with Gasteiger partial charge < -0.3 is 15.0 Å². The number of aryl methyl sites for hydroxylation is 1. The first-order valence-corrected chi connectivity index (χ1v) is 9.77. The number of benzene rings is 3. The molecule has 4 rings (SSSR count). The fourth-order valence-electron chi connectivity index (χ4n) is 3.85. The predicted octanol–water partition coefficient (Wildman–Crippen LogP) is 4.99. The van der Waals surface area contributed by atoms with Crippen molar-refractivity contribution >= 4 is 16.9 Å². The van der Waals surface area contributed by atoms with Crippen molar-refractivity contribution in [2.75, 3.05) is 0 Å². The Labute approximate surface area is 170 Å². The third kappa shape index (κ3) is 3.93. The van der Waals surface area contributed by atoms with Gasteiger partial charge in [-0.3, -0.25) is 0 Å². The molecular weight excluding hydrogens is 360 g/mol. The maximum absolute atomic E-state index is 12.3. The van der Waals surface area contributed by atoms with Crippen LogP contribution in [0.3, 0.4) is 0 Å². The summed E-state index contributed by atoms with van der Waals surface area (Å²) in [4.78, 5) is 12.3. The van der Waals surface area contributed by atoms with E-state index in [1.807, 2.05) is 59.2 Å². The Balaban J connectivity index is 1.72. The summed E-state index contributed by atoms with van der Waals surface area (Å²) < 4.78 is 1.93. The number of fused-ring (bicyclic) bond motifs is 1. The van der Waals surface area contributed by atoms with E-state index >= 15 is 0 Å². The zero-order valence-electron chi connectivity index (χ0n) is 16.4. The normalized spacial score (nSPS) is 11.1. The van der Waals surface area contributed by atoms with E-state index in [0.29, 0.717) is 25.3 Å². The Morgan fingerprint density at radius 3 is 2.34 bits per heavy atom. The Hall–Kier alpha value is -3.37. The lowest BCUT2D eigenvalue weighted by Gasteiger charge is -2.12. The van der Waals surface area contributed by atoms with Crippen LogP contribution in [0.2, 0.25) is 0 Å². The van der Waals surface area contributed by atoms with E-state index in [0.717, 1.165) is 27.6 Å². The number of carboxylic acid groups (broad SMARTS) is 1. The summed E-state index contributed by atoms with van der Waals surface area (Å²) in [6.07, 6.45) is 0. The van der Waals surface area contributed by atoms with Crippen LogP contribution in [0.4, 0.5) is 0 Å². The fourth-order valence-corrected chi connectivity index (χ4v) is 3.85. The first-order chi connectivity index (χ1) is 14.1. The van der Waals surface area contributed by atoms with Gasteiger partial charge in [-0.1, -0.05) is 72.8 Å². The molecule has 2 N–H and O–H groups in total. The molecule has 1 heterocycles. The molecule has 0 aliphatic heterocycles. The number of nitrogens with one attached hydrogen (secondary N) is 1. The van der Waals surface area contributed by atoms with Crippen molar-refractivity contribution in [1.82, 2.24) is 9.88 Å². The Bertz CT molecular complexity index is 1150.